The zero-order valence-corrected chi connectivity index (χ0v) is 11.1. The van der Waals surface area contributed by atoms with Gasteiger partial charge >= 0.3 is 0 Å². The van der Waals surface area contributed by atoms with Gasteiger partial charge in [-0.1, -0.05) is 12.8 Å². The minimum atomic E-state index is -0.564. The van der Waals surface area contributed by atoms with Gasteiger partial charge in [-0.3, -0.25) is 4.79 Å². The van der Waals surface area contributed by atoms with Gasteiger partial charge in [0.1, 0.15) is 5.75 Å². The summed E-state index contributed by atoms with van der Waals surface area (Å²) in [7, 11) is 0. The molecule has 2 rings (SSSR count). The average molecular weight is 266 g/mol. The van der Waals surface area contributed by atoms with Crippen LogP contribution in [0.4, 0.5) is 4.39 Å². The molecule has 104 valence electrons. The first-order valence-corrected chi connectivity index (χ1v) is 6.74. The SMILES string of the molecule is CC(Oc1ccc(F)nc1)C(=O)N1CCCCCC1. The summed E-state index contributed by atoms with van der Waals surface area (Å²) in [6.07, 6.45) is 5.20. The molecule has 1 aromatic rings. The zero-order chi connectivity index (χ0) is 13.7. The summed E-state index contributed by atoms with van der Waals surface area (Å²) in [6, 6.07) is 2.70. The lowest BCUT2D eigenvalue weighted by molar-refractivity contribution is -0.137. The van der Waals surface area contributed by atoms with Crippen LogP contribution in [0.25, 0.3) is 0 Å². The maximum absolute atomic E-state index is 12.7. The number of rotatable bonds is 3. The van der Waals surface area contributed by atoms with Crippen LogP contribution in [0.15, 0.2) is 18.3 Å². The molecule has 1 saturated heterocycles. The molecule has 1 aromatic heterocycles. The van der Waals surface area contributed by atoms with Gasteiger partial charge in [0, 0.05) is 13.1 Å². The fraction of sp³-hybridized carbons (Fsp3) is 0.571. The fourth-order valence-corrected chi connectivity index (χ4v) is 2.23. The Labute approximate surface area is 112 Å². The van der Waals surface area contributed by atoms with Crippen LogP contribution >= 0.6 is 0 Å². The molecule has 5 heteroatoms. The molecule has 0 N–H and O–H groups in total. The molecule has 0 radical (unpaired) electrons. The Bertz CT molecular complexity index is 414. The lowest BCUT2D eigenvalue weighted by atomic mass is 10.2. The molecule has 1 amide bonds. The van der Waals surface area contributed by atoms with Gasteiger partial charge in [-0.05, 0) is 31.9 Å². The predicted molar refractivity (Wildman–Crippen MR) is 69.3 cm³/mol. The monoisotopic (exact) mass is 266 g/mol. The summed E-state index contributed by atoms with van der Waals surface area (Å²) in [6.45, 7) is 3.32. The van der Waals surface area contributed by atoms with Crippen LogP contribution in [0.5, 0.6) is 5.75 Å². The van der Waals surface area contributed by atoms with Gasteiger partial charge in [-0.25, -0.2) is 4.98 Å². The molecule has 2 heterocycles. The maximum Gasteiger partial charge on any atom is 0.263 e. The highest BCUT2D eigenvalue weighted by Gasteiger charge is 2.22. The molecule has 0 spiro atoms. The third kappa shape index (κ3) is 3.91. The van der Waals surface area contributed by atoms with E-state index in [1.807, 2.05) is 4.90 Å². The van der Waals surface area contributed by atoms with Crippen LogP contribution in [0.2, 0.25) is 0 Å². The van der Waals surface area contributed by atoms with Crippen molar-refractivity contribution in [3.63, 3.8) is 0 Å². The van der Waals surface area contributed by atoms with E-state index >= 15 is 0 Å². The maximum atomic E-state index is 12.7. The van der Waals surface area contributed by atoms with Crippen LogP contribution in [0, 0.1) is 5.95 Å². The van der Waals surface area contributed by atoms with E-state index in [0.29, 0.717) is 5.75 Å². The largest absolute Gasteiger partial charge is 0.479 e. The first-order chi connectivity index (χ1) is 9.16. The second-order valence-corrected chi connectivity index (χ2v) is 4.82. The van der Waals surface area contributed by atoms with E-state index in [-0.39, 0.29) is 5.91 Å². The van der Waals surface area contributed by atoms with E-state index in [0.717, 1.165) is 25.9 Å². The van der Waals surface area contributed by atoms with E-state index in [9.17, 15) is 9.18 Å². The lowest BCUT2D eigenvalue weighted by Gasteiger charge is -2.24. The van der Waals surface area contributed by atoms with Gasteiger partial charge in [-0.2, -0.15) is 4.39 Å². The molecular weight excluding hydrogens is 247 g/mol. The quantitative estimate of drug-likeness (QED) is 0.789. The number of aromatic nitrogens is 1. The molecule has 4 nitrogen and oxygen atoms in total. The highest BCUT2D eigenvalue weighted by Crippen LogP contribution is 2.14. The predicted octanol–water partition coefficient (Wildman–Crippen LogP) is 2.39. The number of pyridine rings is 1. The van der Waals surface area contributed by atoms with Crippen LogP contribution in [0.1, 0.15) is 32.6 Å². The highest BCUT2D eigenvalue weighted by atomic mass is 19.1. The lowest BCUT2D eigenvalue weighted by Crippen LogP contribution is -2.41. The van der Waals surface area contributed by atoms with Crippen LogP contribution < -0.4 is 4.74 Å². The smallest absolute Gasteiger partial charge is 0.263 e. The number of likely N-dealkylation sites (tertiary alicyclic amines) is 1. The molecule has 0 bridgehead atoms. The second kappa shape index (κ2) is 6.50. The van der Waals surface area contributed by atoms with Crippen LogP contribution in [0.3, 0.4) is 0 Å². The minimum absolute atomic E-state index is 0.00812. The number of halogens is 1. The molecule has 0 aromatic carbocycles. The number of nitrogens with zero attached hydrogens (tertiary/aromatic N) is 2. The molecular formula is C14H19FN2O2. The summed E-state index contributed by atoms with van der Waals surface area (Å²) in [4.78, 5) is 17.6. The molecule has 0 saturated carbocycles. The first-order valence-electron chi connectivity index (χ1n) is 6.74. The van der Waals surface area contributed by atoms with Gasteiger partial charge in [0.2, 0.25) is 5.95 Å². The van der Waals surface area contributed by atoms with E-state index in [1.54, 1.807) is 6.92 Å². The van der Waals surface area contributed by atoms with Crippen molar-refractivity contribution in [2.45, 2.75) is 38.7 Å². The molecule has 1 aliphatic heterocycles. The van der Waals surface area contributed by atoms with Crippen molar-refractivity contribution in [2.75, 3.05) is 13.1 Å². The van der Waals surface area contributed by atoms with Crippen LogP contribution in [-0.2, 0) is 4.79 Å². The van der Waals surface area contributed by atoms with Gasteiger partial charge in [0.05, 0.1) is 6.20 Å². The highest BCUT2D eigenvalue weighted by molar-refractivity contribution is 5.80. The summed E-state index contributed by atoms with van der Waals surface area (Å²) < 4.78 is 18.2. The molecule has 1 unspecified atom stereocenters. The van der Waals surface area contributed by atoms with Gasteiger partial charge in [0.25, 0.3) is 5.91 Å². The van der Waals surface area contributed by atoms with Gasteiger partial charge in [0.15, 0.2) is 6.10 Å². The van der Waals surface area contributed by atoms with E-state index in [1.165, 1.54) is 31.2 Å². The second-order valence-electron chi connectivity index (χ2n) is 4.82. The van der Waals surface area contributed by atoms with E-state index < -0.39 is 12.1 Å². The summed E-state index contributed by atoms with van der Waals surface area (Å²) in [5, 5.41) is 0. The van der Waals surface area contributed by atoms with Crippen LogP contribution in [-0.4, -0.2) is 35.0 Å². The van der Waals surface area contributed by atoms with E-state index in [4.69, 9.17) is 4.74 Å². The Morgan fingerprint density at radius 3 is 2.58 bits per heavy atom. The topological polar surface area (TPSA) is 42.4 Å². The molecule has 0 aliphatic carbocycles. The van der Waals surface area contributed by atoms with Crippen molar-refractivity contribution in [3.05, 3.63) is 24.3 Å². The normalized spacial score (nSPS) is 17.7. The Morgan fingerprint density at radius 2 is 2.00 bits per heavy atom. The molecule has 1 aliphatic rings. The van der Waals surface area contributed by atoms with Gasteiger partial charge < -0.3 is 9.64 Å². The number of hydrogen-bond acceptors (Lipinski definition) is 3. The van der Waals surface area contributed by atoms with E-state index in [2.05, 4.69) is 4.98 Å². The number of carbonyl (C=O) groups excluding carboxylic acids is 1. The number of hydrogen-bond donors (Lipinski definition) is 0. The van der Waals surface area contributed by atoms with Crippen molar-refractivity contribution >= 4 is 5.91 Å². The van der Waals surface area contributed by atoms with Crippen molar-refractivity contribution in [1.29, 1.82) is 0 Å². The Morgan fingerprint density at radius 1 is 1.32 bits per heavy atom. The number of ether oxygens (including phenoxy) is 1. The number of carbonyl (C=O) groups is 1. The van der Waals surface area contributed by atoms with Crippen molar-refractivity contribution in [1.82, 2.24) is 9.88 Å². The number of amides is 1. The molecule has 1 fully saturated rings. The summed E-state index contributed by atoms with van der Waals surface area (Å²) in [5.74, 6) is -0.151. The van der Waals surface area contributed by atoms with Crippen molar-refractivity contribution < 1.29 is 13.9 Å². The minimum Gasteiger partial charge on any atom is -0.479 e. The average Bonchev–Trinajstić information content (AvgIpc) is 2.69. The Balaban J connectivity index is 1.92. The Hall–Kier alpha value is -1.65. The van der Waals surface area contributed by atoms with Crippen molar-refractivity contribution in [3.8, 4) is 5.75 Å². The third-order valence-electron chi connectivity index (χ3n) is 3.28. The fourth-order valence-electron chi connectivity index (χ4n) is 2.23. The van der Waals surface area contributed by atoms with Crippen molar-refractivity contribution in [2.24, 2.45) is 0 Å². The Kier molecular flexibility index (Phi) is 4.71. The zero-order valence-electron chi connectivity index (χ0n) is 11.1. The third-order valence-corrected chi connectivity index (χ3v) is 3.28. The molecule has 1 atom stereocenters. The standard InChI is InChI=1S/C14H19FN2O2/c1-11(19-12-6-7-13(15)16-10-12)14(18)17-8-4-2-3-5-9-17/h6-7,10-11H,2-5,8-9H2,1H3. The van der Waals surface area contributed by atoms with Gasteiger partial charge in [-0.15, -0.1) is 0 Å². The first kappa shape index (κ1) is 13.8. The molecule has 19 heavy (non-hydrogen) atoms. The summed E-state index contributed by atoms with van der Waals surface area (Å²) >= 11 is 0. The summed E-state index contributed by atoms with van der Waals surface area (Å²) in [5.41, 5.74) is 0.